The van der Waals surface area contributed by atoms with Crippen molar-refractivity contribution in [3.05, 3.63) is 28.8 Å². The average Bonchev–Trinajstić information content (AvgIpc) is 2.02. The molecule has 1 aromatic rings. The predicted molar refractivity (Wildman–Crippen MR) is 49.8 cm³/mol. The van der Waals surface area contributed by atoms with Crippen molar-refractivity contribution in [2.24, 2.45) is 0 Å². The third-order valence-corrected chi connectivity index (χ3v) is 2.75. The third-order valence-electron chi connectivity index (χ3n) is 1.60. The van der Waals surface area contributed by atoms with Gasteiger partial charge in [-0.25, -0.2) is 0 Å². The first-order valence-electron chi connectivity index (χ1n) is 3.57. The SMILES string of the molecule is CC(=O)c1cc(S(=O)(=O)F)ccc1Cl. The molecule has 1 rings (SSSR count). The lowest BCUT2D eigenvalue weighted by atomic mass is 10.1. The summed E-state index contributed by atoms with van der Waals surface area (Å²) >= 11 is 5.60. The Morgan fingerprint density at radius 1 is 1.43 bits per heavy atom. The molecule has 0 aliphatic carbocycles. The van der Waals surface area contributed by atoms with E-state index in [2.05, 4.69) is 0 Å². The Labute approximate surface area is 85.7 Å². The molecule has 0 unspecified atom stereocenters. The second-order valence-corrected chi connectivity index (χ2v) is 4.39. The van der Waals surface area contributed by atoms with Gasteiger partial charge in [0.15, 0.2) is 5.78 Å². The van der Waals surface area contributed by atoms with Crippen molar-refractivity contribution in [3.63, 3.8) is 0 Å². The van der Waals surface area contributed by atoms with Crippen molar-refractivity contribution in [1.82, 2.24) is 0 Å². The van der Waals surface area contributed by atoms with Gasteiger partial charge in [0, 0.05) is 5.56 Å². The maximum Gasteiger partial charge on any atom is 0.332 e. The Balaban J connectivity index is 3.42. The van der Waals surface area contributed by atoms with Crippen molar-refractivity contribution in [2.75, 3.05) is 0 Å². The van der Waals surface area contributed by atoms with Crippen LogP contribution < -0.4 is 0 Å². The predicted octanol–water partition coefficient (Wildman–Crippen LogP) is 2.20. The standard InChI is InChI=1S/C8H6ClFO3S/c1-5(11)7-4-6(14(10,12)13)2-3-8(7)9/h2-4H,1H3. The van der Waals surface area contributed by atoms with Crippen LogP contribution in [0, 0.1) is 0 Å². The summed E-state index contributed by atoms with van der Waals surface area (Å²) in [5.41, 5.74) is -0.00890. The van der Waals surface area contributed by atoms with Gasteiger partial charge in [-0.2, -0.15) is 8.42 Å². The first kappa shape index (κ1) is 11.1. The fraction of sp³-hybridized carbons (Fsp3) is 0.125. The van der Waals surface area contributed by atoms with E-state index in [0.29, 0.717) is 0 Å². The highest BCUT2D eigenvalue weighted by molar-refractivity contribution is 7.86. The van der Waals surface area contributed by atoms with Gasteiger partial charge < -0.3 is 0 Å². The van der Waals surface area contributed by atoms with Crippen LogP contribution in [-0.2, 0) is 10.2 Å². The minimum absolute atomic E-state index is 0.00890. The Morgan fingerprint density at radius 3 is 2.43 bits per heavy atom. The molecule has 0 spiro atoms. The number of hydrogen-bond acceptors (Lipinski definition) is 3. The lowest BCUT2D eigenvalue weighted by Crippen LogP contribution is -1.98. The van der Waals surface area contributed by atoms with Crippen LogP contribution in [0.4, 0.5) is 3.89 Å². The fourth-order valence-electron chi connectivity index (χ4n) is 0.926. The monoisotopic (exact) mass is 236 g/mol. The summed E-state index contributed by atoms with van der Waals surface area (Å²) in [7, 11) is -4.79. The van der Waals surface area contributed by atoms with E-state index in [1.165, 1.54) is 13.0 Å². The zero-order chi connectivity index (χ0) is 10.9. The van der Waals surface area contributed by atoms with Crippen LogP contribution in [0.3, 0.4) is 0 Å². The largest absolute Gasteiger partial charge is 0.332 e. The molecule has 0 N–H and O–H groups in total. The van der Waals surface area contributed by atoms with Gasteiger partial charge in [-0.05, 0) is 25.1 Å². The van der Waals surface area contributed by atoms with E-state index in [1.54, 1.807) is 0 Å². The van der Waals surface area contributed by atoms with E-state index in [0.717, 1.165) is 12.1 Å². The van der Waals surface area contributed by atoms with Crippen molar-refractivity contribution < 1.29 is 17.1 Å². The summed E-state index contributed by atoms with van der Waals surface area (Å²) in [6, 6.07) is 3.09. The fourth-order valence-corrected chi connectivity index (χ4v) is 1.67. The molecule has 14 heavy (non-hydrogen) atoms. The van der Waals surface area contributed by atoms with Crippen molar-refractivity contribution in [1.29, 1.82) is 0 Å². The van der Waals surface area contributed by atoms with Gasteiger partial charge in [0.1, 0.15) is 0 Å². The van der Waals surface area contributed by atoms with Crippen molar-refractivity contribution in [3.8, 4) is 0 Å². The normalized spacial score (nSPS) is 11.4. The summed E-state index contributed by atoms with van der Waals surface area (Å²) in [6.45, 7) is 1.22. The molecular weight excluding hydrogens is 231 g/mol. The quantitative estimate of drug-likeness (QED) is 0.584. The van der Waals surface area contributed by atoms with Gasteiger partial charge in [0.05, 0.1) is 9.92 Å². The maximum atomic E-state index is 12.5. The topological polar surface area (TPSA) is 51.2 Å². The minimum Gasteiger partial charge on any atom is -0.294 e. The van der Waals surface area contributed by atoms with Crippen LogP contribution in [0.1, 0.15) is 17.3 Å². The van der Waals surface area contributed by atoms with E-state index >= 15 is 0 Å². The highest BCUT2D eigenvalue weighted by Gasteiger charge is 2.15. The minimum atomic E-state index is -4.79. The van der Waals surface area contributed by atoms with Gasteiger partial charge in [0.25, 0.3) is 0 Å². The van der Waals surface area contributed by atoms with Crippen LogP contribution in [0.25, 0.3) is 0 Å². The van der Waals surface area contributed by atoms with Crippen LogP contribution >= 0.6 is 11.6 Å². The molecule has 0 heterocycles. The van der Waals surface area contributed by atoms with E-state index < -0.39 is 20.9 Å². The van der Waals surface area contributed by atoms with Crippen LogP contribution in [0.5, 0.6) is 0 Å². The number of halogens is 2. The van der Waals surface area contributed by atoms with E-state index in [9.17, 15) is 17.1 Å². The van der Waals surface area contributed by atoms with Crippen molar-refractivity contribution in [2.45, 2.75) is 11.8 Å². The zero-order valence-electron chi connectivity index (χ0n) is 7.12. The molecule has 0 radical (unpaired) electrons. The molecule has 0 amide bonds. The number of rotatable bonds is 2. The summed E-state index contributed by atoms with van der Waals surface area (Å²) in [5.74, 6) is -0.416. The van der Waals surface area contributed by atoms with Gasteiger partial charge >= 0.3 is 10.2 Å². The molecule has 3 nitrogen and oxygen atoms in total. The molecule has 0 fully saturated rings. The lowest BCUT2D eigenvalue weighted by Gasteiger charge is -2.01. The average molecular weight is 237 g/mol. The van der Waals surface area contributed by atoms with Gasteiger partial charge in [-0.3, -0.25) is 4.79 Å². The van der Waals surface area contributed by atoms with Gasteiger partial charge in [-0.1, -0.05) is 11.6 Å². The Bertz CT molecular complexity index is 481. The first-order chi connectivity index (χ1) is 6.32. The number of benzene rings is 1. The summed E-state index contributed by atoms with van der Waals surface area (Å²) in [5, 5.41) is 0.102. The second kappa shape index (κ2) is 3.67. The molecule has 0 saturated carbocycles. The number of hydrogen-bond donors (Lipinski definition) is 0. The van der Waals surface area contributed by atoms with E-state index in [-0.39, 0.29) is 10.6 Å². The summed E-state index contributed by atoms with van der Waals surface area (Å²) in [6.07, 6.45) is 0. The molecule has 0 bridgehead atoms. The molecule has 0 saturated heterocycles. The molecule has 6 heteroatoms. The molecule has 0 aromatic heterocycles. The van der Waals surface area contributed by atoms with Crippen molar-refractivity contribution >= 4 is 27.6 Å². The van der Waals surface area contributed by atoms with Gasteiger partial charge in [-0.15, -0.1) is 3.89 Å². The highest BCUT2D eigenvalue weighted by Crippen LogP contribution is 2.21. The Kier molecular flexibility index (Phi) is 2.92. The molecule has 0 atom stereocenters. The van der Waals surface area contributed by atoms with Crippen LogP contribution in [-0.4, -0.2) is 14.2 Å². The van der Waals surface area contributed by atoms with Crippen LogP contribution in [0.2, 0.25) is 5.02 Å². The number of carbonyl (C=O) groups is 1. The Morgan fingerprint density at radius 2 is 2.00 bits per heavy atom. The zero-order valence-corrected chi connectivity index (χ0v) is 8.69. The third kappa shape index (κ3) is 2.30. The Hall–Kier alpha value is -0.940. The highest BCUT2D eigenvalue weighted by atomic mass is 35.5. The van der Waals surface area contributed by atoms with Crippen LogP contribution in [0.15, 0.2) is 23.1 Å². The molecule has 1 aromatic carbocycles. The molecule has 76 valence electrons. The molecule has 0 aliphatic rings. The second-order valence-electron chi connectivity index (χ2n) is 2.64. The lowest BCUT2D eigenvalue weighted by molar-refractivity contribution is 0.101. The summed E-state index contributed by atoms with van der Waals surface area (Å²) in [4.78, 5) is 10.4. The van der Waals surface area contributed by atoms with E-state index in [4.69, 9.17) is 11.6 Å². The van der Waals surface area contributed by atoms with E-state index in [1.807, 2.05) is 0 Å². The molecular formula is C8H6ClFO3S. The maximum absolute atomic E-state index is 12.5. The number of carbonyl (C=O) groups excluding carboxylic acids is 1. The first-order valence-corrected chi connectivity index (χ1v) is 5.33. The number of Topliss-reactive ketones (excluding diaryl/α,β-unsaturated/α-hetero) is 1. The summed E-state index contributed by atoms with van der Waals surface area (Å²) < 4.78 is 33.5. The smallest absolute Gasteiger partial charge is 0.294 e. The molecule has 0 aliphatic heterocycles. The number of ketones is 1. The van der Waals surface area contributed by atoms with Gasteiger partial charge in [0.2, 0.25) is 0 Å².